The van der Waals surface area contributed by atoms with E-state index in [-0.39, 0.29) is 24.0 Å². The Morgan fingerprint density at radius 1 is 1.13 bits per heavy atom. The number of guanidine groups is 1. The van der Waals surface area contributed by atoms with Crippen molar-refractivity contribution < 1.29 is 0 Å². The van der Waals surface area contributed by atoms with Crippen molar-refractivity contribution in [3.63, 3.8) is 0 Å². The summed E-state index contributed by atoms with van der Waals surface area (Å²) in [6.07, 6.45) is 1.26. The first kappa shape index (κ1) is 25.7. The van der Waals surface area contributed by atoms with Gasteiger partial charge >= 0.3 is 0 Å². The van der Waals surface area contributed by atoms with E-state index in [4.69, 9.17) is 0 Å². The summed E-state index contributed by atoms with van der Waals surface area (Å²) in [5, 5.41) is 3.65. The van der Waals surface area contributed by atoms with Gasteiger partial charge in [-0.3, -0.25) is 4.99 Å². The highest BCUT2D eigenvalue weighted by Crippen LogP contribution is 2.25. The maximum absolute atomic E-state index is 4.57. The van der Waals surface area contributed by atoms with E-state index in [1.165, 1.54) is 56.3 Å². The van der Waals surface area contributed by atoms with Gasteiger partial charge in [0.15, 0.2) is 5.96 Å². The Bertz CT molecular complexity index is 621. The van der Waals surface area contributed by atoms with Gasteiger partial charge in [0.2, 0.25) is 0 Å². The highest BCUT2D eigenvalue weighted by Gasteiger charge is 2.25. The zero-order valence-electron chi connectivity index (χ0n) is 18.9. The lowest BCUT2D eigenvalue weighted by atomic mass is 10.1. The summed E-state index contributed by atoms with van der Waals surface area (Å²) in [4.78, 5) is 13.6. The van der Waals surface area contributed by atoms with E-state index in [9.17, 15) is 0 Å². The van der Waals surface area contributed by atoms with Gasteiger partial charge < -0.3 is 20.0 Å². The molecule has 0 radical (unpaired) electrons. The maximum Gasteiger partial charge on any atom is 0.193 e. The second-order valence-corrected chi connectivity index (χ2v) is 9.59. The molecule has 0 spiro atoms. The van der Waals surface area contributed by atoms with Crippen LogP contribution in [0.25, 0.3) is 0 Å². The van der Waals surface area contributed by atoms with Crippen LogP contribution in [0, 0.1) is 11.8 Å². The minimum Gasteiger partial charge on any atom is -0.356 e. The van der Waals surface area contributed by atoms with Crippen molar-refractivity contribution in [3.05, 3.63) is 30.3 Å². The van der Waals surface area contributed by atoms with Crippen LogP contribution < -0.4 is 5.32 Å². The normalized spacial score (nSPS) is 22.0. The number of hydrogen-bond donors (Lipinski definition) is 1. The molecule has 2 unspecified atom stereocenters. The molecule has 30 heavy (non-hydrogen) atoms. The first-order valence-electron chi connectivity index (χ1n) is 11.3. The Balaban J connectivity index is 0.00000320. The number of nitrogens with one attached hydrogen (secondary N) is 1. The molecule has 170 valence electrons. The number of benzene rings is 1. The highest BCUT2D eigenvalue weighted by atomic mass is 127. The third-order valence-corrected chi connectivity index (χ3v) is 7.36. The highest BCUT2D eigenvalue weighted by molar-refractivity contribution is 14.0. The van der Waals surface area contributed by atoms with E-state index in [1.807, 2.05) is 18.8 Å². The predicted octanol–water partition coefficient (Wildman–Crippen LogP) is 3.57. The average Bonchev–Trinajstić information content (AvgIpc) is 3.23. The first-order valence-corrected chi connectivity index (χ1v) is 12.2. The van der Waals surface area contributed by atoms with Crippen molar-refractivity contribution in [3.8, 4) is 0 Å². The second-order valence-electron chi connectivity index (χ2n) is 8.49. The Morgan fingerprint density at radius 2 is 1.83 bits per heavy atom. The zero-order chi connectivity index (χ0) is 20.5. The number of nitrogens with zero attached hydrogens (tertiary/aromatic N) is 4. The topological polar surface area (TPSA) is 34.1 Å². The summed E-state index contributed by atoms with van der Waals surface area (Å²) in [6.45, 7) is 15.1. The third-order valence-electron chi connectivity index (χ3n) is 6.12. The summed E-state index contributed by atoms with van der Waals surface area (Å²) in [5.74, 6) is 3.65. The second kappa shape index (κ2) is 13.8. The molecule has 0 amide bonds. The number of likely N-dealkylation sites (N-methyl/N-ethyl adjacent to an activating group) is 1. The van der Waals surface area contributed by atoms with Crippen LogP contribution in [0.3, 0.4) is 0 Å². The smallest absolute Gasteiger partial charge is 0.193 e. The van der Waals surface area contributed by atoms with Gasteiger partial charge in [0.25, 0.3) is 0 Å². The molecule has 2 heterocycles. The lowest BCUT2D eigenvalue weighted by Crippen LogP contribution is -2.49. The van der Waals surface area contributed by atoms with Gasteiger partial charge in [0.05, 0.1) is 0 Å². The summed E-state index contributed by atoms with van der Waals surface area (Å²) in [6, 6.07) is 10.8. The molecule has 2 fully saturated rings. The molecule has 2 aliphatic rings. The quantitative estimate of drug-likeness (QED) is 0.234. The van der Waals surface area contributed by atoms with Gasteiger partial charge in [0.1, 0.15) is 0 Å². The van der Waals surface area contributed by atoms with Crippen LogP contribution in [0.1, 0.15) is 20.3 Å². The van der Waals surface area contributed by atoms with E-state index >= 15 is 0 Å². The Labute approximate surface area is 205 Å². The summed E-state index contributed by atoms with van der Waals surface area (Å²) in [5.41, 5.74) is 0. The van der Waals surface area contributed by atoms with E-state index in [0.29, 0.717) is 5.92 Å². The molecule has 1 aromatic rings. The summed E-state index contributed by atoms with van der Waals surface area (Å²) >= 11 is 1.98. The molecule has 0 aliphatic carbocycles. The largest absolute Gasteiger partial charge is 0.356 e. The number of hydrogen-bond acceptors (Lipinski definition) is 4. The van der Waals surface area contributed by atoms with Gasteiger partial charge in [-0.25, -0.2) is 0 Å². The number of rotatable bonds is 8. The van der Waals surface area contributed by atoms with Crippen molar-refractivity contribution >= 4 is 41.7 Å². The van der Waals surface area contributed by atoms with Crippen LogP contribution in [0.2, 0.25) is 0 Å². The Hall–Kier alpha value is -0.510. The molecule has 0 aromatic heterocycles. The van der Waals surface area contributed by atoms with Gasteiger partial charge in [0, 0.05) is 70.1 Å². The third kappa shape index (κ3) is 8.20. The summed E-state index contributed by atoms with van der Waals surface area (Å²) < 4.78 is 0. The van der Waals surface area contributed by atoms with E-state index < -0.39 is 0 Å². The number of thioether (sulfide) groups is 1. The molecule has 2 aliphatic heterocycles. The van der Waals surface area contributed by atoms with Crippen LogP contribution in [0.5, 0.6) is 0 Å². The fraction of sp³-hybridized carbons (Fsp3) is 0.696. The van der Waals surface area contributed by atoms with E-state index in [0.717, 1.165) is 31.5 Å². The van der Waals surface area contributed by atoms with Crippen molar-refractivity contribution in [2.75, 3.05) is 71.7 Å². The lowest BCUT2D eigenvalue weighted by Gasteiger charge is -2.35. The minimum atomic E-state index is 0. The fourth-order valence-electron chi connectivity index (χ4n) is 4.28. The van der Waals surface area contributed by atoms with Crippen molar-refractivity contribution in [1.82, 2.24) is 20.0 Å². The van der Waals surface area contributed by atoms with Gasteiger partial charge in [-0.05, 0) is 36.9 Å². The number of aliphatic imine (C=N–C) groups is 1. The van der Waals surface area contributed by atoms with E-state index in [1.54, 1.807) is 0 Å². The number of piperazine rings is 1. The van der Waals surface area contributed by atoms with Crippen molar-refractivity contribution in [1.29, 1.82) is 0 Å². The SMILES string of the molecule is CCN1CCN(CC(C)CNC(=NC)N2CCC(CSc3ccccc3)C2)CC1.I. The van der Waals surface area contributed by atoms with Crippen LogP contribution in [0.15, 0.2) is 40.2 Å². The average molecular weight is 546 g/mol. The summed E-state index contributed by atoms with van der Waals surface area (Å²) in [7, 11) is 1.92. The molecular formula is C23H40IN5S. The predicted molar refractivity (Wildman–Crippen MR) is 141 cm³/mol. The maximum atomic E-state index is 4.57. The van der Waals surface area contributed by atoms with Crippen molar-refractivity contribution in [2.45, 2.75) is 25.2 Å². The fourth-order valence-corrected chi connectivity index (χ4v) is 5.33. The molecule has 0 saturated carbocycles. The molecule has 1 N–H and O–H groups in total. The minimum absolute atomic E-state index is 0. The van der Waals surface area contributed by atoms with E-state index in [2.05, 4.69) is 69.2 Å². The van der Waals surface area contributed by atoms with Crippen molar-refractivity contribution in [2.24, 2.45) is 16.8 Å². The Kier molecular flexibility index (Phi) is 11.8. The van der Waals surface area contributed by atoms with Crippen LogP contribution in [-0.4, -0.2) is 92.4 Å². The lowest BCUT2D eigenvalue weighted by molar-refractivity contribution is 0.124. The van der Waals surface area contributed by atoms with Gasteiger partial charge in [-0.15, -0.1) is 35.7 Å². The van der Waals surface area contributed by atoms with Crippen LogP contribution >= 0.6 is 35.7 Å². The standard InChI is InChI=1S/C23H39N5S.HI/c1-4-26-12-14-27(15-13-26)17-20(2)16-25-23(24-3)28-11-10-21(18-28)19-29-22-8-6-5-7-9-22;/h5-9,20-21H,4,10-19H2,1-3H3,(H,24,25);1H. The molecule has 2 saturated heterocycles. The van der Waals surface area contributed by atoms with Crippen LogP contribution in [-0.2, 0) is 0 Å². The monoisotopic (exact) mass is 545 g/mol. The van der Waals surface area contributed by atoms with Gasteiger partial charge in [-0.1, -0.05) is 32.0 Å². The molecule has 0 bridgehead atoms. The molecule has 2 atom stereocenters. The molecular weight excluding hydrogens is 505 g/mol. The van der Waals surface area contributed by atoms with Crippen LogP contribution in [0.4, 0.5) is 0 Å². The first-order chi connectivity index (χ1) is 14.2. The van der Waals surface area contributed by atoms with Gasteiger partial charge in [-0.2, -0.15) is 0 Å². The number of likely N-dealkylation sites (tertiary alicyclic amines) is 1. The molecule has 7 heteroatoms. The Morgan fingerprint density at radius 3 is 2.50 bits per heavy atom. The zero-order valence-corrected chi connectivity index (χ0v) is 22.1. The molecule has 1 aromatic carbocycles. The molecule has 5 nitrogen and oxygen atoms in total. The molecule has 3 rings (SSSR count). The number of halogens is 1.